The Kier molecular flexibility index (Phi) is 4.06. The van der Waals surface area contributed by atoms with Gasteiger partial charge in [-0.1, -0.05) is 13.8 Å². The number of hydrogen-bond donors (Lipinski definition) is 0. The molecule has 3 heteroatoms. The summed E-state index contributed by atoms with van der Waals surface area (Å²) in [6, 6.07) is 8.69. The molecular weight excluding hydrogens is 256 g/mol. The number of rotatable bonds is 4. The molecule has 0 saturated carbocycles. The summed E-state index contributed by atoms with van der Waals surface area (Å²) in [5.74, 6) is 0. The van der Waals surface area contributed by atoms with Crippen molar-refractivity contribution in [2.75, 3.05) is 0 Å². The fourth-order valence-electron chi connectivity index (χ4n) is 1.58. The van der Waals surface area contributed by atoms with E-state index in [-0.39, 0.29) is 5.38 Å². The molecule has 86 valence electrons. The van der Waals surface area contributed by atoms with Crippen LogP contribution in [0.3, 0.4) is 0 Å². The minimum Gasteiger partial charge on any atom is -0.143 e. The van der Waals surface area contributed by atoms with E-state index < -0.39 is 0 Å². The zero-order chi connectivity index (χ0) is 11.5. The molecule has 0 aromatic carbocycles. The van der Waals surface area contributed by atoms with Gasteiger partial charge in [-0.3, -0.25) is 0 Å². The van der Waals surface area contributed by atoms with E-state index in [1.54, 1.807) is 0 Å². The molecule has 0 fully saturated rings. The zero-order valence-corrected chi connectivity index (χ0v) is 11.9. The maximum atomic E-state index is 6.49. The largest absolute Gasteiger partial charge is 0.143 e. The van der Waals surface area contributed by atoms with Crippen molar-refractivity contribution < 1.29 is 0 Å². The second-order valence-electron chi connectivity index (χ2n) is 3.68. The summed E-state index contributed by atoms with van der Waals surface area (Å²) >= 11 is 10.1. The van der Waals surface area contributed by atoms with Crippen LogP contribution in [-0.4, -0.2) is 0 Å². The third-order valence-corrected chi connectivity index (χ3v) is 5.88. The van der Waals surface area contributed by atoms with Crippen LogP contribution < -0.4 is 0 Å². The first-order chi connectivity index (χ1) is 7.74. The summed E-state index contributed by atoms with van der Waals surface area (Å²) in [6.07, 6.45) is 2.19. The van der Waals surface area contributed by atoms with E-state index in [1.807, 2.05) is 22.7 Å². The lowest BCUT2D eigenvalue weighted by atomic mass is 10.2. The molecule has 0 radical (unpaired) electrons. The predicted octanol–water partition coefficient (Wildman–Crippen LogP) is 5.26. The fourth-order valence-corrected chi connectivity index (χ4v) is 3.97. The number of aryl methyl sites for hydroxylation is 2. The molecule has 2 aromatic heterocycles. The molecule has 2 rings (SSSR count). The van der Waals surface area contributed by atoms with Gasteiger partial charge in [-0.05, 0) is 37.1 Å². The van der Waals surface area contributed by atoms with Crippen LogP contribution >= 0.6 is 34.3 Å². The van der Waals surface area contributed by atoms with E-state index in [0.717, 1.165) is 12.8 Å². The van der Waals surface area contributed by atoms with Crippen molar-refractivity contribution in [1.82, 2.24) is 0 Å². The molecule has 0 nitrogen and oxygen atoms in total. The van der Waals surface area contributed by atoms with Crippen LogP contribution in [0.25, 0.3) is 0 Å². The topological polar surface area (TPSA) is 0 Å². The summed E-state index contributed by atoms with van der Waals surface area (Å²) < 4.78 is 0. The first-order valence-electron chi connectivity index (χ1n) is 5.55. The number of thiophene rings is 2. The molecule has 0 aliphatic heterocycles. The fraction of sp³-hybridized carbons (Fsp3) is 0.385. The van der Waals surface area contributed by atoms with Crippen LogP contribution in [0.1, 0.15) is 38.7 Å². The van der Waals surface area contributed by atoms with Crippen molar-refractivity contribution in [3.63, 3.8) is 0 Å². The summed E-state index contributed by atoms with van der Waals surface area (Å²) in [6.45, 7) is 4.36. The summed E-state index contributed by atoms with van der Waals surface area (Å²) in [5.41, 5.74) is 0. The van der Waals surface area contributed by atoms with Gasteiger partial charge in [0.1, 0.15) is 5.38 Å². The lowest BCUT2D eigenvalue weighted by molar-refractivity contribution is 1.19. The monoisotopic (exact) mass is 270 g/mol. The van der Waals surface area contributed by atoms with Crippen molar-refractivity contribution in [3.8, 4) is 0 Å². The molecule has 0 amide bonds. The van der Waals surface area contributed by atoms with Crippen LogP contribution in [-0.2, 0) is 12.8 Å². The van der Waals surface area contributed by atoms with E-state index >= 15 is 0 Å². The number of alkyl halides is 1. The van der Waals surface area contributed by atoms with Crippen molar-refractivity contribution in [3.05, 3.63) is 43.8 Å². The Balaban J connectivity index is 2.20. The van der Waals surface area contributed by atoms with E-state index in [0.29, 0.717) is 0 Å². The van der Waals surface area contributed by atoms with Crippen molar-refractivity contribution in [1.29, 1.82) is 0 Å². The van der Waals surface area contributed by atoms with Crippen molar-refractivity contribution >= 4 is 34.3 Å². The van der Waals surface area contributed by atoms with Gasteiger partial charge in [-0.15, -0.1) is 34.3 Å². The highest BCUT2D eigenvalue weighted by Gasteiger charge is 2.14. The first kappa shape index (κ1) is 12.2. The highest BCUT2D eigenvalue weighted by atomic mass is 35.5. The molecule has 0 atom stereocenters. The van der Waals surface area contributed by atoms with Gasteiger partial charge in [-0.2, -0.15) is 0 Å². The van der Waals surface area contributed by atoms with Gasteiger partial charge in [0.25, 0.3) is 0 Å². The lowest BCUT2D eigenvalue weighted by Gasteiger charge is -2.03. The quantitative estimate of drug-likeness (QED) is 0.665. The first-order valence-corrected chi connectivity index (χ1v) is 7.62. The van der Waals surface area contributed by atoms with Crippen LogP contribution in [0.15, 0.2) is 24.3 Å². The number of halogens is 1. The van der Waals surface area contributed by atoms with Gasteiger partial charge in [0.05, 0.1) is 0 Å². The maximum Gasteiger partial charge on any atom is 0.102 e. The molecule has 0 aliphatic carbocycles. The average Bonchev–Trinajstić information content (AvgIpc) is 2.97. The molecule has 0 bridgehead atoms. The predicted molar refractivity (Wildman–Crippen MR) is 75.1 cm³/mol. The smallest absolute Gasteiger partial charge is 0.102 e. The third-order valence-electron chi connectivity index (χ3n) is 2.56. The SMILES string of the molecule is CCc1ccc(C(Cl)c2ccc(CC)s2)s1. The lowest BCUT2D eigenvalue weighted by Crippen LogP contribution is -1.84. The maximum absolute atomic E-state index is 6.49. The Labute approximate surface area is 110 Å². The van der Waals surface area contributed by atoms with E-state index in [2.05, 4.69) is 38.1 Å². The second kappa shape index (κ2) is 5.35. The minimum absolute atomic E-state index is 0.0376. The molecule has 16 heavy (non-hydrogen) atoms. The average molecular weight is 271 g/mol. The van der Waals surface area contributed by atoms with Crippen LogP contribution in [0.4, 0.5) is 0 Å². The van der Waals surface area contributed by atoms with Gasteiger partial charge < -0.3 is 0 Å². The Morgan fingerprint density at radius 3 is 1.69 bits per heavy atom. The highest BCUT2D eigenvalue weighted by molar-refractivity contribution is 7.14. The Bertz CT molecular complexity index is 414. The van der Waals surface area contributed by atoms with Crippen LogP contribution in [0, 0.1) is 0 Å². The standard InChI is InChI=1S/C13H15ClS2/c1-3-9-5-7-11(15-9)13(14)12-8-6-10(4-2)16-12/h5-8,13H,3-4H2,1-2H3. The van der Waals surface area contributed by atoms with Crippen LogP contribution in [0.5, 0.6) is 0 Å². The molecule has 0 saturated heterocycles. The van der Waals surface area contributed by atoms with Crippen LogP contribution in [0.2, 0.25) is 0 Å². The van der Waals surface area contributed by atoms with Gasteiger partial charge in [0.15, 0.2) is 0 Å². The molecule has 0 spiro atoms. The van der Waals surface area contributed by atoms with E-state index in [4.69, 9.17) is 11.6 Å². The summed E-state index contributed by atoms with van der Waals surface area (Å²) in [7, 11) is 0. The molecule has 2 heterocycles. The van der Waals surface area contributed by atoms with E-state index in [1.165, 1.54) is 19.5 Å². The zero-order valence-electron chi connectivity index (χ0n) is 9.50. The summed E-state index contributed by atoms with van der Waals surface area (Å²) in [4.78, 5) is 5.35. The summed E-state index contributed by atoms with van der Waals surface area (Å²) in [5, 5.41) is 0.0376. The normalized spacial score (nSPS) is 11.2. The number of hydrogen-bond acceptors (Lipinski definition) is 2. The van der Waals surface area contributed by atoms with Gasteiger partial charge in [0.2, 0.25) is 0 Å². The Hall–Kier alpha value is -0.310. The molecule has 0 unspecified atom stereocenters. The Morgan fingerprint density at radius 1 is 0.938 bits per heavy atom. The van der Waals surface area contributed by atoms with Gasteiger partial charge in [-0.25, -0.2) is 0 Å². The van der Waals surface area contributed by atoms with Crippen molar-refractivity contribution in [2.45, 2.75) is 32.1 Å². The Morgan fingerprint density at radius 2 is 1.38 bits per heavy atom. The second-order valence-corrected chi connectivity index (χ2v) is 6.51. The third kappa shape index (κ3) is 2.50. The van der Waals surface area contributed by atoms with Gasteiger partial charge >= 0.3 is 0 Å². The molecule has 0 N–H and O–H groups in total. The molecule has 2 aromatic rings. The molecular formula is C13H15ClS2. The molecule has 0 aliphatic rings. The van der Waals surface area contributed by atoms with Crippen molar-refractivity contribution in [2.24, 2.45) is 0 Å². The minimum atomic E-state index is 0.0376. The van der Waals surface area contributed by atoms with E-state index in [9.17, 15) is 0 Å². The highest BCUT2D eigenvalue weighted by Crippen LogP contribution is 2.37. The van der Waals surface area contributed by atoms with Gasteiger partial charge in [0, 0.05) is 19.5 Å².